The average Bonchev–Trinajstić information content (AvgIpc) is 1.80. The summed E-state index contributed by atoms with van der Waals surface area (Å²) in [4.78, 5) is 216. The predicted molar refractivity (Wildman–Crippen MR) is 425 cm³/mol. The van der Waals surface area contributed by atoms with Gasteiger partial charge in [-0.2, -0.15) is 12.6 Å². The van der Waals surface area contributed by atoms with Crippen LogP contribution in [0.5, 0.6) is 5.75 Å². The van der Waals surface area contributed by atoms with Crippen LogP contribution in [0.25, 0.3) is 0 Å². The standard InChI is InChI=1S/C77H112N20O17S/c1-10-43(6)63(95-71(109)53(87-46(9)99)32-47-19-13-11-14-20-47)75(113)96-64(45(8)98)73(111)84-38-61(102)88-56(35-50-36-81-40-85-50)70(108)91-54(34-49-25-27-51(100)28-26-49)68(106)86-44(7)65(103)94-62(42(4)5)74(112)89-52(23-17-29-82-77(79)80)67(105)90-55(33-48-21-15-12-16-22-48)69(107)92-57(31-41(2)3)76(114)97-30-18-24-59(97)72(110)93-58(39-115)66(104)83-37-60(78)101/h11-16,19-22,25-28,36,40-45,52-59,62-64,98,100,115H,10,17-18,23-24,29-35,37-39H2,1-9H3,(H2,78,101)(H,81,85)(H,83,104)(H,84,111)(H,86,106)(H,87,99)(H,88,102)(H,89,112)(H,90,105)(H,91,108)(H,92,107)(H,93,110)(H,94,103)(H,95,109)(H,96,113)(H4,79,80,82)/t43-,44-,45+,52-,53-,54-,55-,56-,57-,58-,59-,62-,63-,64-/m0/s1. The van der Waals surface area contributed by atoms with E-state index in [1.807, 2.05) is 13.8 Å². The topological polar surface area (TPSA) is 573 Å². The Bertz CT molecular complexity index is 3970. The fourth-order valence-corrected chi connectivity index (χ4v) is 12.7. The van der Waals surface area contributed by atoms with Crippen LogP contribution < -0.4 is 85.9 Å². The first-order chi connectivity index (χ1) is 54.5. The number of primary amides is 1. The molecule has 5 rings (SSSR count). The van der Waals surface area contributed by atoms with Gasteiger partial charge in [0.05, 0.1) is 31.2 Å². The Morgan fingerprint density at radius 1 is 0.557 bits per heavy atom. The zero-order chi connectivity index (χ0) is 85.2. The van der Waals surface area contributed by atoms with Gasteiger partial charge in [-0.25, -0.2) is 4.98 Å². The van der Waals surface area contributed by atoms with Gasteiger partial charge in [-0.3, -0.25) is 77.3 Å². The van der Waals surface area contributed by atoms with Gasteiger partial charge in [-0.05, 0) is 92.5 Å². The lowest BCUT2D eigenvalue weighted by Gasteiger charge is -2.31. The summed E-state index contributed by atoms with van der Waals surface area (Å²) < 4.78 is 0. The Morgan fingerprint density at radius 2 is 1.06 bits per heavy atom. The number of amides is 15. The van der Waals surface area contributed by atoms with Crippen LogP contribution in [0.1, 0.15) is 123 Å². The molecule has 14 atom stereocenters. The van der Waals surface area contributed by atoms with Crippen LogP contribution in [-0.4, -0.2) is 230 Å². The molecule has 2 heterocycles. The van der Waals surface area contributed by atoms with Crippen molar-refractivity contribution >= 4 is 107 Å². The number of likely N-dealkylation sites (tertiary alicyclic amines) is 1. The number of carbonyl (C=O) groups is 15. The maximum atomic E-state index is 14.8. The van der Waals surface area contributed by atoms with E-state index in [1.165, 1.54) is 62.5 Å². The van der Waals surface area contributed by atoms with E-state index in [2.05, 4.69) is 97.0 Å². The molecule has 1 aromatic heterocycles. The molecule has 0 saturated carbocycles. The van der Waals surface area contributed by atoms with Crippen molar-refractivity contribution in [3.63, 3.8) is 0 Å². The van der Waals surface area contributed by atoms with Crippen LogP contribution in [0.3, 0.4) is 0 Å². The summed E-state index contributed by atoms with van der Waals surface area (Å²) in [5.74, 6) is -14.5. The lowest BCUT2D eigenvalue weighted by Crippen LogP contribution is -2.61. The second-order valence-electron chi connectivity index (χ2n) is 29.1. The molecule has 15 amide bonds. The first-order valence-electron chi connectivity index (χ1n) is 38.1. The highest BCUT2D eigenvalue weighted by molar-refractivity contribution is 7.80. The highest BCUT2D eigenvalue weighted by Gasteiger charge is 2.42. The minimum atomic E-state index is -1.70. The normalized spacial score (nSPS) is 15.8. The van der Waals surface area contributed by atoms with E-state index in [0.29, 0.717) is 24.0 Å². The van der Waals surface area contributed by atoms with Crippen LogP contribution >= 0.6 is 12.6 Å². The molecule has 1 saturated heterocycles. The number of guanidine groups is 1. The quantitative estimate of drug-likeness (QED) is 0.00896. The Balaban J connectivity index is 1.32. The number of nitrogens with one attached hydrogen (secondary N) is 16. The van der Waals surface area contributed by atoms with E-state index < -0.39 is 192 Å². The summed E-state index contributed by atoms with van der Waals surface area (Å²) in [6.07, 6.45) is 1.55. The number of aliphatic hydroxyl groups excluding tert-OH is 1. The summed E-state index contributed by atoms with van der Waals surface area (Å²) in [7, 11) is 0. The molecule has 0 spiro atoms. The average molecular weight is 1620 g/mol. The number of hydrogen-bond donors (Lipinski definition) is 21. The first-order valence-corrected chi connectivity index (χ1v) is 38.8. The molecule has 3 aromatic carbocycles. The van der Waals surface area contributed by atoms with Gasteiger partial charge < -0.3 is 106 Å². The number of aromatic nitrogens is 2. The van der Waals surface area contributed by atoms with Crippen molar-refractivity contribution in [3.8, 4) is 5.75 Å². The largest absolute Gasteiger partial charge is 0.508 e. The van der Waals surface area contributed by atoms with Gasteiger partial charge in [-0.15, -0.1) is 0 Å². The first kappa shape index (κ1) is 93.9. The zero-order valence-corrected chi connectivity index (χ0v) is 67.0. The number of phenols is 1. The van der Waals surface area contributed by atoms with E-state index >= 15 is 0 Å². The van der Waals surface area contributed by atoms with Crippen LogP contribution in [0.4, 0.5) is 0 Å². The lowest BCUT2D eigenvalue weighted by molar-refractivity contribution is -0.142. The van der Waals surface area contributed by atoms with Gasteiger partial charge >= 0.3 is 0 Å². The Labute approximate surface area is 672 Å². The Kier molecular flexibility index (Phi) is 38.5. The van der Waals surface area contributed by atoms with Crippen LogP contribution in [-0.2, 0) is 97.6 Å². The molecule has 4 aromatic rings. The van der Waals surface area contributed by atoms with Gasteiger partial charge in [0.15, 0.2) is 5.96 Å². The highest BCUT2D eigenvalue weighted by atomic mass is 32.1. The number of hydrogen-bond acceptors (Lipinski definition) is 20. The molecule has 628 valence electrons. The number of nitrogens with two attached hydrogens (primary N) is 2. The summed E-state index contributed by atoms with van der Waals surface area (Å²) in [5.41, 5.74) is 12.7. The van der Waals surface area contributed by atoms with Crippen molar-refractivity contribution < 1.29 is 82.1 Å². The third kappa shape index (κ3) is 31.7. The van der Waals surface area contributed by atoms with E-state index in [4.69, 9.17) is 16.9 Å². The lowest BCUT2D eigenvalue weighted by atomic mass is 9.96. The van der Waals surface area contributed by atoms with Crippen molar-refractivity contribution in [2.75, 3.05) is 31.9 Å². The number of aromatic hydroxyl groups is 1. The monoisotopic (exact) mass is 1620 g/mol. The van der Waals surface area contributed by atoms with Crippen LogP contribution in [0.15, 0.2) is 97.5 Å². The maximum Gasteiger partial charge on any atom is 0.245 e. The van der Waals surface area contributed by atoms with Gasteiger partial charge in [0.2, 0.25) is 88.6 Å². The molecule has 0 radical (unpaired) electrons. The molecule has 0 aliphatic carbocycles. The summed E-state index contributed by atoms with van der Waals surface area (Å²) in [6.45, 7) is 12.8. The van der Waals surface area contributed by atoms with Gasteiger partial charge in [-0.1, -0.05) is 121 Å². The van der Waals surface area contributed by atoms with Crippen LogP contribution in [0, 0.1) is 23.2 Å². The minimum Gasteiger partial charge on any atom is -0.508 e. The molecule has 1 aliphatic rings. The van der Waals surface area contributed by atoms with Crippen molar-refractivity contribution in [1.82, 2.24) is 89.3 Å². The van der Waals surface area contributed by atoms with Crippen molar-refractivity contribution in [3.05, 3.63) is 120 Å². The molecule has 22 N–H and O–H groups in total. The van der Waals surface area contributed by atoms with Crippen molar-refractivity contribution in [2.45, 2.75) is 205 Å². The Hall–Kier alpha value is -11.7. The van der Waals surface area contributed by atoms with Crippen LogP contribution in [0.2, 0.25) is 0 Å². The van der Waals surface area contributed by atoms with E-state index in [0.717, 1.165) is 5.56 Å². The number of thiol groups is 1. The smallest absolute Gasteiger partial charge is 0.245 e. The van der Waals surface area contributed by atoms with Gasteiger partial charge in [0.1, 0.15) is 78.3 Å². The minimum absolute atomic E-state index is 0.0487. The van der Waals surface area contributed by atoms with Gasteiger partial charge in [0.25, 0.3) is 0 Å². The molecule has 0 unspecified atom stereocenters. The van der Waals surface area contributed by atoms with E-state index in [1.54, 1.807) is 88.4 Å². The number of nitrogens with zero attached hydrogens (tertiary/aromatic N) is 2. The summed E-state index contributed by atoms with van der Waals surface area (Å²) in [5, 5.41) is 65.0. The predicted octanol–water partition coefficient (Wildman–Crippen LogP) is -3.21. The maximum absolute atomic E-state index is 14.8. The SMILES string of the molecule is CC[C@H](C)[C@H](NC(=O)[C@H](Cc1ccccc1)NC(C)=O)C(=O)N[C@H](C(=O)NCC(=O)N[C@@H](Cc1c[nH]cn1)C(=O)N[C@@H](Cc1ccc(O)cc1)C(=O)N[C@@H](C)C(=O)N[C@H](C(=O)N[C@@H](CCCNC(=N)N)C(=O)N[C@@H](Cc1ccccc1)C(=O)N[C@@H](CC(C)C)C(=O)N1CCC[C@H]1C(=O)N[C@@H](CS)C(=O)NCC(N)=O)C(C)C)[C@@H](C)O. The van der Waals surface area contributed by atoms with E-state index in [9.17, 15) is 82.1 Å². The second kappa shape index (κ2) is 47.1. The summed E-state index contributed by atoms with van der Waals surface area (Å²) in [6, 6.07) is 6.57. The highest BCUT2D eigenvalue weighted by Crippen LogP contribution is 2.22. The molecule has 0 bridgehead atoms. The number of aliphatic hydroxyl groups is 1. The van der Waals surface area contributed by atoms with E-state index in [-0.39, 0.29) is 93.5 Å². The van der Waals surface area contributed by atoms with Crippen molar-refractivity contribution in [1.29, 1.82) is 5.41 Å². The Morgan fingerprint density at radius 3 is 1.58 bits per heavy atom. The molecular weight excluding hydrogens is 1510 g/mol. The van der Waals surface area contributed by atoms with Crippen molar-refractivity contribution in [2.24, 2.45) is 29.2 Å². The molecule has 38 heteroatoms. The fourth-order valence-electron chi connectivity index (χ4n) is 12.4. The zero-order valence-electron chi connectivity index (χ0n) is 66.1. The summed E-state index contributed by atoms with van der Waals surface area (Å²) >= 11 is 4.19. The number of H-pyrrole nitrogens is 1. The third-order valence-corrected chi connectivity index (χ3v) is 19.2. The number of aromatic amines is 1. The van der Waals surface area contributed by atoms with Gasteiger partial charge in [0, 0.05) is 57.6 Å². The molecular formula is C77H112N20O17S. The number of imidazole rings is 1. The number of phenolic OH excluding ortho intramolecular Hbond substituents is 1. The second-order valence-corrected chi connectivity index (χ2v) is 29.5. The number of benzene rings is 3. The molecule has 37 nitrogen and oxygen atoms in total. The number of carbonyl (C=O) groups excluding carboxylic acids is 15. The molecule has 1 aliphatic heterocycles. The fraction of sp³-hybridized carbons (Fsp3) is 0.519. The number of rotatable bonds is 46. The molecule has 1 fully saturated rings. The molecule has 115 heavy (non-hydrogen) atoms. The third-order valence-electron chi connectivity index (χ3n) is 18.8.